The molecule has 0 aliphatic heterocycles. The van der Waals surface area contributed by atoms with E-state index in [9.17, 15) is 4.79 Å². The van der Waals surface area contributed by atoms with Gasteiger partial charge in [0.25, 0.3) is 5.91 Å². The van der Waals surface area contributed by atoms with Crippen molar-refractivity contribution in [2.75, 3.05) is 27.2 Å². The summed E-state index contributed by atoms with van der Waals surface area (Å²) in [6.45, 7) is 6.58. The molecule has 0 radical (unpaired) electrons. The molecule has 0 saturated carbocycles. The lowest BCUT2D eigenvalue weighted by Crippen LogP contribution is -2.32. The third kappa shape index (κ3) is 4.17. The van der Waals surface area contributed by atoms with Crippen LogP contribution in [0.4, 0.5) is 0 Å². The Kier molecular flexibility index (Phi) is 5.79. The Bertz CT molecular complexity index is 880. The first-order valence-electron chi connectivity index (χ1n) is 9.01. The van der Waals surface area contributed by atoms with Crippen molar-refractivity contribution in [3.05, 3.63) is 57.4 Å². The summed E-state index contributed by atoms with van der Waals surface area (Å²) in [5.41, 5.74) is 4.23. The van der Waals surface area contributed by atoms with E-state index in [4.69, 9.17) is 0 Å². The Morgan fingerprint density at radius 2 is 1.96 bits per heavy atom. The number of aromatic nitrogens is 1. The molecule has 3 aromatic rings. The molecule has 5 heteroatoms. The van der Waals surface area contributed by atoms with Gasteiger partial charge in [0, 0.05) is 33.6 Å². The fraction of sp³-hybridized carbons (Fsp3) is 0.381. The topological polar surface area (TPSA) is 39.3 Å². The van der Waals surface area contributed by atoms with E-state index in [2.05, 4.69) is 49.3 Å². The molecular weight excluding hydrogens is 342 g/mol. The van der Waals surface area contributed by atoms with Gasteiger partial charge in [0.05, 0.1) is 6.54 Å². The van der Waals surface area contributed by atoms with E-state index in [-0.39, 0.29) is 5.91 Å². The molecule has 0 spiro atoms. The van der Waals surface area contributed by atoms with Gasteiger partial charge in [-0.3, -0.25) is 4.79 Å². The monoisotopic (exact) mass is 369 g/mol. The van der Waals surface area contributed by atoms with Crippen LogP contribution in [0.5, 0.6) is 0 Å². The second-order valence-electron chi connectivity index (χ2n) is 7.10. The van der Waals surface area contributed by atoms with Crippen LogP contribution in [0.3, 0.4) is 0 Å². The summed E-state index contributed by atoms with van der Waals surface area (Å²) in [5, 5.41) is 3.20. The average molecular weight is 370 g/mol. The molecule has 4 nitrogen and oxygen atoms in total. The summed E-state index contributed by atoms with van der Waals surface area (Å²) < 4.78 is 0. The van der Waals surface area contributed by atoms with E-state index in [0.717, 1.165) is 41.7 Å². The van der Waals surface area contributed by atoms with Gasteiger partial charge in [-0.2, -0.15) is 0 Å². The zero-order valence-corrected chi connectivity index (χ0v) is 16.8. The van der Waals surface area contributed by atoms with Crippen molar-refractivity contribution in [2.24, 2.45) is 0 Å². The third-order valence-corrected chi connectivity index (χ3v) is 5.66. The highest BCUT2D eigenvalue weighted by Gasteiger charge is 2.18. The average Bonchev–Trinajstić information content (AvgIpc) is 3.21. The molecule has 1 aromatic carbocycles. The van der Waals surface area contributed by atoms with Gasteiger partial charge in [0.2, 0.25) is 0 Å². The van der Waals surface area contributed by atoms with Crippen molar-refractivity contribution in [1.82, 2.24) is 14.8 Å². The van der Waals surface area contributed by atoms with Crippen LogP contribution < -0.4 is 0 Å². The molecule has 1 amide bonds. The first-order valence-corrected chi connectivity index (χ1v) is 9.89. The number of rotatable bonds is 7. The highest BCUT2D eigenvalue weighted by Crippen LogP contribution is 2.24. The molecule has 0 fully saturated rings. The molecule has 0 atom stereocenters. The van der Waals surface area contributed by atoms with Gasteiger partial charge in [0.1, 0.15) is 0 Å². The number of H-pyrrole nitrogens is 1. The smallest absolute Gasteiger partial charge is 0.254 e. The highest BCUT2D eigenvalue weighted by molar-refractivity contribution is 7.09. The summed E-state index contributed by atoms with van der Waals surface area (Å²) in [7, 11) is 4.13. The normalized spacial score (nSPS) is 11.4. The van der Waals surface area contributed by atoms with Crippen LogP contribution in [0.1, 0.15) is 32.9 Å². The first kappa shape index (κ1) is 18.7. The maximum atomic E-state index is 13.2. The lowest BCUT2D eigenvalue weighted by atomic mass is 10.1. The Morgan fingerprint density at radius 1 is 1.15 bits per heavy atom. The molecule has 0 unspecified atom stereocenters. The number of fused-ring (bicyclic) bond motifs is 1. The third-order valence-electron chi connectivity index (χ3n) is 4.80. The van der Waals surface area contributed by atoms with Crippen molar-refractivity contribution in [3.8, 4) is 0 Å². The molecule has 0 saturated heterocycles. The van der Waals surface area contributed by atoms with E-state index in [1.807, 2.05) is 29.2 Å². The van der Waals surface area contributed by atoms with Crippen molar-refractivity contribution >= 4 is 28.1 Å². The number of hydrogen-bond donors (Lipinski definition) is 1. The summed E-state index contributed by atoms with van der Waals surface area (Å²) >= 11 is 1.70. The van der Waals surface area contributed by atoms with Gasteiger partial charge >= 0.3 is 0 Å². The van der Waals surface area contributed by atoms with Gasteiger partial charge in [-0.05, 0) is 76.1 Å². The van der Waals surface area contributed by atoms with Crippen molar-refractivity contribution in [3.63, 3.8) is 0 Å². The number of carbonyl (C=O) groups is 1. The van der Waals surface area contributed by atoms with Crippen LogP contribution >= 0.6 is 11.3 Å². The fourth-order valence-corrected chi connectivity index (χ4v) is 3.92. The minimum atomic E-state index is 0.109. The van der Waals surface area contributed by atoms with E-state index in [1.165, 1.54) is 10.4 Å². The maximum absolute atomic E-state index is 13.2. The van der Waals surface area contributed by atoms with Gasteiger partial charge < -0.3 is 14.8 Å². The summed E-state index contributed by atoms with van der Waals surface area (Å²) in [6, 6.07) is 10.1. The quantitative estimate of drug-likeness (QED) is 0.669. The summed E-state index contributed by atoms with van der Waals surface area (Å²) in [5.74, 6) is 0.109. The molecule has 26 heavy (non-hydrogen) atoms. The Labute approximate surface area is 159 Å². The maximum Gasteiger partial charge on any atom is 0.254 e. The molecule has 2 heterocycles. The minimum Gasteiger partial charge on any atom is -0.358 e. The molecule has 138 valence electrons. The second kappa shape index (κ2) is 8.06. The van der Waals surface area contributed by atoms with Crippen LogP contribution in [0.2, 0.25) is 0 Å². The van der Waals surface area contributed by atoms with Crippen LogP contribution in [-0.2, 0) is 6.54 Å². The summed E-state index contributed by atoms with van der Waals surface area (Å²) in [6.07, 6.45) is 0.967. The lowest BCUT2D eigenvalue weighted by molar-refractivity contribution is 0.0739. The molecular formula is C21H27N3OS. The Balaban J connectivity index is 1.84. The van der Waals surface area contributed by atoms with Crippen LogP contribution in [0.25, 0.3) is 10.9 Å². The SMILES string of the molecule is Cc1[nH]c2ccc(C(=O)N(CCCN(C)C)Cc3cccs3)cc2c1C. The van der Waals surface area contributed by atoms with E-state index in [1.54, 1.807) is 11.3 Å². The van der Waals surface area contributed by atoms with Crippen molar-refractivity contribution in [2.45, 2.75) is 26.8 Å². The number of amides is 1. The zero-order valence-electron chi connectivity index (χ0n) is 16.0. The fourth-order valence-electron chi connectivity index (χ4n) is 3.20. The highest BCUT2D eigenvalue weighted by atomic mass is 32.1. The molecule has 0 bridgehead atoms. The molecule has 0 aliphatic carbocycles. The van der Waals surface area contributed by atoms with Crippen LogP contribution in [0.15, 0.2) is 35.7 Å². The van der Waals surface area contributed by atoms with Crippen LogP contribution in [-0.4, -0.2) is 47.9 Å². The van der Waals surface area contributed by atoms with Crippen molar-refractivity contribution < 1.29 is 4.79 Å². The van der Waals surface area contributed by atoms with Gasteiger partial charge in [-0.15, -0.1) is 11.3 Å². The standard InChI is InChI=1S/C21H27N3OS/c1-15-16(2)22-20-9-8-17(13-19(15)20)21(25)24(11-6-10-23(3)4)14-18-7-5-12-26-18/h5,7-9,12-13,22H,6,10-11,14H2,1-4H3. The van der Waals surface area contributed by atoms with Gasteiger partial charge in [-0.1, -0.05) is 6.07 Å². The van der Waals surface area contributed by atoms with E-state index >= 15 is 0 Å². The first-order chi connectivity index (χ1) is 12.5. The molecule has 0 aliphatic rings. The Hall–Kier alpha value is -2.11. The number of aryl methyl sites for hydroxylation is 2. The van der Waals surface area contributed by atoms with E-state index in [0.29, 0.717) is 6.54 Å². The predicted molar refractivity (Wildman–Crippen MR) is 110 cm³/mol. The number of benzene rings is 1. The number of nitrogens with zero attached hydrogens (tertiary/aromatic N) is 2. The molecule has 1 N–H and O–H groups in total. The number of aromatic amines is 1. The van der Waals surface area contributed by atoms with Gasteiger partial charge in [0.15, 0.2) is 0 Å². The second-order valence-corrected chi connectivity index (χ2v) is 8.13. The zero-order chi connectivity index (χ0) is 18.7. The van der Waals surface area contributed by atoms with Crippen molar-refractivity contribution in [1.29, 1.82) is 0 Å². The number of hydrogen-bond acceptors (Lipinski definition) is 3. The van der Waals surface area contributed by atoms with Gasteiger partial charge in [-0.25, -0.2) is 0 Å². The molecule has 3 rings (SSSR count). The predicted octanol–water partition coefficient (Wildman–Crippen LogP) is 4.44. The summed E-state index contributed by atoms with van der Waals surface area (Å²) in [4.78, 5) is 21.9. The largest absolute Gasteiger partial charge is 0.358 e. The number of thiophene rings is 1. The lowest BCUT2D eigenvalue weighted by Gasteiger charge is -2.23. The Morgan fingerprint density at radius 3 is 2.65 bits per heavy atom. The number of nitrogens with one attached hydrogen (secondary N) is 1. The minimum absolute atomic E-state index is 0.109. The number of carbonyl (C=O) groups excluding carboxylic acids is 1. The van der Waals surface area contributed by atoms with E-state index < -0.39 is 0 Å². The van der Waals surface area contributed by atoms with Crippen LogP contribution in [0, 0.1) is 13.8 Å². The molecule has 2 aromatic heterocycles.